The smallest absolute Gasteiger partial charge is 0.271 e. The fraction of sp³-hybridized carbons (Fsp3) is 0.316. The maximum atomic E-state index is 12.5. The molecular formula is C19H21ClN2O4. The van der Waals surface area contributed by atoms with Gasteiger partial charge in [-0.2, -0.15) is 0 Å². The molecule has 0 saturated carbocycles. The van der Waals surface area contributed by atoms with Gasteiger partial charge in [0, 0.05) is 17.8 Å². The van der Waals surface area contributed by atoms with E-state index in [9.17, 15) is 14.9 Å². The van der Waals surface area contributed by atoms with Crippen molar-refractivity contribution < 1.29 is 14.5 Å². The molecule has 138 valence electrons. The third-order valence-electron chi connectivity index (χ3n) is 3.97. The van der Waals surface area contributed by atoms with Crippen LogP contribution in [0.5, 0.6) is 5.75 Å². The van der Waals surface area contributed by atoms with E-state index in [1.807, 2.05) is 25.1 Å². The maximum Gasteiger partial charge on any atom is 0.271 e. The third-order valence-corrected chi connectivity index (χ3v) is 4.27. The lowest BCUT2D eigenvalue weighted by Gasteiger charge is -2.19. The van der Waals surface area contributed by atoms with Crippen molar-refractivity contribution >= 4 is 28.9 Å². The van der Waals surface area contributed by atoms with Gasteiger partial charge in [-0.3, -0.25) is 14.9 Å². The number of para-hydroxylation sites is 1. The number of halogens is 1. The average Bonchev–Trinajstić information content (AvgIpc) is 2.57. The zero-order chi connectivity index (χ0) is 19.4. The average molecular weight is 377 g/mol. The standard InChI is InChI=1S/C19H21ClN2O4/c1-11(2)15-7-5-6-12(3)18(15)21-19(23)13(4)26-17-9-8-14(22(24)25)10-16(17)20/h5-11,13H,1-4H3,(H,21,23)/t13-/m0/s1. The van der Waals surface area contributed by atoms with E-state index in [1.165, 1.54) is 18.2 Å². The van der Waals surface area contributed by atoms with Crippen LogP contribution in [0, 0.1) is 17.0 Å². The van der Waals surface area contributed by atoms with Gasteiger partial charge >= 0.3 is 0 Å². The van der Waals surface area contributed by atoms with Gasteiger partial charge in [-0.05, 0) is 37.0 Å². The summed E-state index contributed by atoms with van der Waals surface area (Å²) in [6.07, 6.45) is -0.825. The maximum absolute atomic E-state index is 12.5. The summed E-state index contributed by atoms with van der Waals surface area (Å²) in [5.74, 6) is 0.148. The third kappa shape index (κ3) is 4.52. The summed E-state index contributed by atoms with van der Waals surface area (Å²) in [5.41, 5.74) is 2.64. The van der Waals surface area contributed by atoms with Gasteiger partial charge in [-0.25, -0.2) is 0 Å². The summed E-state index contributed by atoms with van der Waals surface area (Å²) in [7, 11) is 0. The number of aryl methyl sites for hydroxylation is 1. The number of amides is 1. The number of non-ortho nitro benzene ring substituents is 1. The van der Waals surface area contributed by atoms with Gasteiger partial charge < -0.3 is 10.1 Å². The van der Waals surface area contributed by atoms with Gasteiger partial charge in [0.25, 0.3) is 11.6 Å². The predicted molar refractivity (Wildman–Crippen MR) is 102 cm³/mol. The molecule has 2 aromatic carbocycles. The number of nitrogens with one attached hydrogen (secondary N) is 1. The molecule has 2 aromatic rings. The van der Waals surface area contributed by atoms with E-state index in [2.05, 4.69) is 19.2 Å². The highest BCUT2D eigenvalue weighted by Gasteiger charge is 2.20. The number of rotatable bonds is 6. The molecule has 1 N–H and O–H groups in total. The second kappa shape index (κ2) is 8.19. The first-order valence-corrected chi connectivity index (χ1v) is 8.59. The summed E-state index contributed by atoms with van der Waals surface area (Å²) < 4.78 is 5.59. The van der Waals surface area contributed by atoms with Crippen LogP contribution in [0.3, 0.4) is 0 Å². The van der Waals surface area contributed by atoms with Crippen molar-refractivity contribution in [3.63, 3.8) is 0 Å². The Labute approximate surface area is 157 Å². The SMILES string of the molecule is Cc1cccc(C(C)C)c1NC(=O)[C@H](C)Oc1ccc([N+](=O)[O-])cc1Cl. The minimum atomic E-state index is -0.825. The van der Waals surface area contributed by atoms with Crippen LogP contribution in [0.1, 0.15) is 37.8 Å². The van der Waals surface area contributed by atoms with E-state index in [1.54, 1.807) is 6.92 Å². The molecular weight excluding hydrogens is 356 g/mol. The highest BCUT2D eigenvalue weighted by atomic mass is 35.5. The lowest BCUT2D eigenvalue weighted by Crippen LogP contribution is -2.31. The Morgan fingerprint density at radius 1 is 1.23 bits per heavy atom. The molecule has 0 aliphatic rings. The number of benzene rings is 2. The highest BCUT2D eigenvalue weighted by molar-refractivity contribution is 6.32. The number of carbonyl (C=O) groups excluding carboxylic acids is 1. The van der Waals surface area contributed by atoms with Crippen molar-refractivity contribution in [1.29, 1.82) is 0 Å². The van der Waals surface area contributed by atoms with E-state index < -0.39 is 11.0 Å². The van der Waals surface area contributed by atoms with Crippen molar-refractivity contribution in [2.45, 2.75) is 39.7 Å². The summed E-state index contributed by atoms with van der Waals surface area (Å²) in [4.78, 5) is 22.8. The van der Waals surface area contributed by atoms with Crippen LogP contribution in [0.2, 0.25) is 5.02 Å². The number of carbonyl (C=O) groups is 1. The molecule has 0 fully saturated rings. The molecule has 1 atom stereocenters. The Kier molecular flexibility index (Phi) is 6.21. The molecule has 0 aromatic heterocycles. The topological polar surface area (TPSA) is 81.5 Å². The lowest BCUT2D eigenvalue weighted by atomic mass is 9.98. The number of nitro benzene ring substituents is 1. The molecule has 6 nitrogen and oxygen atoms in total. The van der Waals surface area contributed by atoms with Crippen LogP contribution in [-0.2, 0) is 4.79 Å². The van der Waals surface area contributed by atoms with Gasteiger partial charge in [0.05, 0.1) is 9.95 Å². The first-order valence-electron chi connectivity index (χ1n) is 8.21. The molecule has 0 saturated heterocycles. The second-order valence-corrected chi connectivity index (χ2v) is 6.72. The Hall–Kier alpha value is -2.60. The fourth-order valence-corrected chi connectivity index (χ4v) is 2.73. The van der Waals surface area contributed by atoms with Gasteiger partial charge in [0.2, 0.25) is 0 Å². The Balaban J connectivity index is 2.15. The minimum absolute atomic E-state index is 0.0811. The number of anilines is 1. The van der Waals surface area contributed by atoms with Crippen molar-refractivity contribution in [3.8, 4) is 5.75 Å². The summed E-state index contributed by atoms with van der Waals surface area (Å²) >= 11 is 6.01. The quantitative estimate of drug-likeness (QED) is 0.562. The second-order valence-electron chi connectivity index (χ2n) is 6.32. The first-order chi connectivity index (χ1) is 12.2. The minimum Gasteiger partial charge on any atom is -0.479 e. The van der Waals surface area contributed by atoms with E-state index >= 15 is 0 Å². The van der Waals surface area contributed by atoms with Crippen molar-refractivity contribution in [2.24, 2.45) is 0 Å². The monoisotopic (exact) mass is 376 g/mol. The summed E-state index contributed by atoms with van der Waals surface area (Å²) in [6.45, 7) is 7.64. The summed E-state index contributed by atoms with van der Waals surface area (Å²) in [5, 5.41) is 13.8. The van der Waals surface area contributed by atoms with Crippen LogP contribution in [0.4, 0.5) is 11.4 Å². The zero-order valence-electron chi connectivity index (χ0n) is 15.1. The Bertz CT molecular complexity index is 836. The van der Waals surface area contributed by atoms with E-state index in [4.69, 9.17) is 16.3 Å². The van der Waals surface area contributed by atoms with Gasteiger partial charge in [0.1, 0.15) is 5.75 Å². The number of hydrogen-bond donors (Lipinski definition) is 1. The fourth-order valence-electron chi connectivity index (χ4n) is 2.51. The molecule has 0 unspecified atom stereocenters. The Morgan fingerprint density at radius 2 is 1.92 bits per heavy atom. The number of ether oxygens (including phenoxy) is 1. The van der Waals surface area contributed by atoms with Crippen LogP contribution in [0.25, 0.3) is 0 Å². The molecule has 2 rings (SSSR count). The molecule has 0 spiro atoms. The van der Waals surface area contributed by atoms with Crippen molar-refractivity contribution in [3.05, 3.63) is 62.7 Å². The van der Waals surface area contributed by atoms with Gasteiger partial charge in [-0.15, -0.1) is 0 Å². The van der Waals surface area contributed by atoms with Crippen LogP contribution in [-0.4, -0.2) is 16.9 Å². The van der Waals surface area contributed by atoms with Crippen LogP contribution in [0.15, 0.2) is 36.4 Å². The molecule has 0 aliphatic carbocycles. The van der Waals surface area contributed by atoms with E-state index in [-0.39, 0.29) is 28.3 Å². The van der Waals surface area contributed by atoms with Gasteiger partial charge in [0.15, 0.2) is 6.10 Å². The van der Waals surface area contributed by atoms with Crippen molar-refractivity contribution in [1.82, 2.24) is 0 Å². The number of nitro groups is 1. The van der Waals surface area contributed by atoms with Crippen molar-refractivity contribution in [2.75, 3.05) is 5.32 Å². The predicted octanol–water partition coefficient (Wildman–Crippen LogP) is 5.09. The lowest BCUT2D eigenvalue weighted by molar-refractivity contribution is -0.384. The highest BCUT2D eigenvalue weighted by Crippen LogP contribution is 2.30. The normalized spacial score (nSPS) is 11.9. The molecule has 26 heavy (non-hydrogen) atoms. The van der Waals surface area contributed by atoms with Crippen LogP contribution < -0.4 is 10.1 Å². The summed E-state index contributed by atoms with van der Waals surface area (Å²) in [6, 6.07) is 9.73. The molecule has 1 amide bonds. The Morgan fingerprint density at radius 3 is 2.50 bits per heavy atom. The van der Waals surface area contributed by atoms with E-state index in [0.29, 0.717) is 0 Å². The molecule has 7 heteroatoms. The number of hydrogen-bond acceptors (Lipinski definition) is 4. The van der Waals surface area contributed by atoms with E-state index in [0.717, 1.165) is 16.8 Å². The molecule has 0 heterocycles. The van der Waals surface area contributed by atoms with Crippen LogP contribution >= 0.6 is 11.6 Å². The molecule has 0 bridgehead atoms. The van der Waals surface area contributed by atoms with Gasteiger partial charge in [-0.1, -0.05) is 43.6 Å². The number of nitrogens with zero attached hydrogens (tertiary/aromatic N) is 1. The molecule has 0 radical (unpaired) electrons. The zero-order valence-corrected chi connectivity index (χ0v) is 15.8. The largest absolute Gasteiger partial charge is 0.479 e. The first kappa shape index (κ1) is 19.7. The molecule has 0 aliphatic heterocycles.